The quantitative estimate of drug-likeness (QED) is 0.780. The van der Waals surface area contributed by atoms with E-state index in [2.05, 4.69) is 12.2 Å². The molecular formula is C11H16ClNOS. The van der Waals surface area contributed by atoms with Crippen LogP contribution in [0.5, 0.6) is 0 Å². The van der Waals surface area contributed by atoms with Gasteiger partial charge in [-0.2, -0.15) is 0 Å². The molecule has 0 saturated heterocycles. The van der Waals surface area contributed by atoms with Crippen molar-refractivity contribution in [2.75, 3.05) is 18.8 Å². The minimum Gasteiger partial charge on any atom is -0.317 e. The van der Waals surface area contributed by atoms with Crippen molar-refractivity contribution in [3.63, 3.8) is 0 Å². The summed E-state index contributed by atoms with van der Waals surface area (Å²) in [5.74, 6) is 0.663. The number of rotatable bonds is 6. The Hall–Kier alpha value is -0.380. The van der Waals surface area contributed by atoms with Gasteiger partial charge in [0.2, 0.25) is 0 Å². The minimum absolute atomic E-state index is 0.597. The molecule has 0 saturated carbocycles. The highest BCUT2D eigenvalue weighted by Crippen LogP contribution is 2.19. The van der Waals surface area contributed by atoms with Crippen molar-refractivity contribution in [2.24, 2.45) is 0 Å². The summed E-state index contributed by atoms with van der Waals surface area (Å²) < 4.78 is 11.8. The Labute approximate surface area is 98.5 Å². The smallest absolute Gasteiger partial charge is 0.0574 e. The third-order valence-electron chi connectivity index (χ3n) is 2.02. The molecule has 0 aliphatic rings. The van der Waals surface area contributed by atoms with E-state index in [9.17, 15) is 4.21 Å². The van der Waals surface area contributed by atoms with Crippen LogP contribution in [0.3, 0.4) is 0 Å². The summed E-state index contributed by atoms with van der Waals surface area (Å²) in [6.45, 7) is 3.93. The second-order valence-electron chi connectivity index (χ2n) is 3.19. The summed E-state index contributed by atoms with van der Waals surface area (Å²) in [5.41, 5.74) is 0. The molecule has 0 heterocycles. The average Bonchev–Trinajstić information content (AvgIpc) is 2.25. The van der Waals surface area contributed by atoms with E-state index in [4.69, 9.17) is 11.6 Å². The van der Waals surface area contributed by atoms with Crippen LogP contribution in [0.4, 0.5) is 0 Å². The Bertz CT molecular complexity index is 330. The maximum atomic E-state index is 11.8. The molecule has 0 radical (unpaired) electrons. The standard InChI is InChI=1S/C11H16ClNOS/c1-2-13-8-5-9-15(14)11-7-4-3-6-10(11)12/h3-4,6-7,13H,2,5,8-9H2,1H3. The number of benzene rings is 1. The zero-order valence-electron chi connectivity index (χ0n) is 8.83. The zero-order valence-corrected chi connectivity index (χ0v) is 10.4. The Morgan fingerprint density at radius 1 is 1.40 bits per heavy atom. The predicted octanol–water partition coefficient (Wildman–Crippen LogP) is 2.45. The first kappa shape index (κ1) is 12.7. The molecule has 1 rings (SSSR count). The highest BCUT2D eigenvalue weighted by Gasteiger charge is 2.06. The second kappa shape index (κ2) is 6.99. The summed E-state index contributed by atoms with van der Waals surface area (Å²) in [4.78, 5) is 0.746. The number of hydrogen-bond acceptors (Lipinski definition) is 2. The fraction of sp³-hybridized carbons (Fsp3) is 0.455. The monoisotopic (exact) mass is 245 g/mol. The molecule has 1 N–H and O–H groups in total. The van der Waals surface area contributed by atoms with Crippen LogP contribution in [-0.4, -0.2) is 23.1 Å². The molecule has 0 aromatic heterocycles. The van der Waals surface area contributed by atoms with Crippen LogP contribution < -0.4 is 5.32 Å². The van der Waals surface area contributed by atoms with Gasteiger partial charge in [-0.25, -0.2) is 0 Å². The van der Waals surface area contributed by atoms with Crippen LogP contribution in [-0.2, 0) is 10.8 Å². The maximum Gasteiger partial charge on any atom is 0.0574 e. The van der Waals surface area contributed by atoms with Crippen LogP contribution in [0, 0.1) is 0 Å². The molecule has 15 heavy (non-hydrogen) atoms. The molecule has 0 aliphatic carbocycles. The number of nitrogens with one attached hydrogen (secondary N) is 1. The van der Waals surface area contributed by atoms with Gasteiger partial charge in [0, 0.05) is 5.75 Å². The second-order valence-corrected chi connectivity index (χ2v) is 5.13. The first-order valence-corrected chi connectivity index (χ1v) is 6.79. The highest BCUT2D eigenvalue weighted by atomic mass is 35.5. The predicted molar refractivity (Wildman–Crippen MR) is 65.9 cm³/mol. The van der Waals surface area contributed by atoms with E-state index in [1.165, 1.54) is 0 Å². The van der Waals surface area contributed by atoms with E-state index in [0.29, 0.717) is 10.8 Å². The van der Waals surface area contributed by atoms with Crippen LogP contribution >= 0.6 is 11.6 Å². The lowest BCUT2D eigenvalue weighted by atomic mass is 10.4. The fourth-order valence-electron chi connectivity index (χ4n) is 1.24. The van der Waals surface area contributed by atoms with E-state index < -0.39 is 10.8 Å². The lowest BCUT2D eigenvalue weighted by Gasteiger charge is -2.04. The summed E-state index contributed by atoms with van der Waals surface area (Å²) in [7, 11) is -0.970. The average molecular weight is 246 g/mol. The molecule has 0 spiro atoms. The van der Waals surface area contributed by atoms with Crippen molar-refractivity contribution in [2.45, 2.75) is 18.2 Å². The first-order chi connectivity index (χ1) is 7.25. The maximum absolute atomic E-state index is 11.8. The third kappa shape index (κ3) is 4.33. The van der Waals surface area contributed by atoms with Gasteiger partial charge in [0.05, 0.1) is 20.7 Å². The van der Waals surface area contributed by atoms with Crippen molar-refractivity contribution in [3.8, 4) is 0 Å². The largest absolute Gasteiger partial charge is 0.317 e. The van der Waals surface area contributed by atoms with Crippen LogP contribution in [0.1, 0.15) is 13.3 Å². The normalized spacial score (nSPS) is 12.7. The molecule has 2 nitrogen and oxygen atoms in total. The van der Waals surface area contributed by atoms with Crippen molar-refractivity contribution in [1.82, 2.24) is 5.32 Å². The molecule has 1 aromatic rings. The van der Waals surface area contributed by atoms with Gasteiger partial charge in [0.25, 0.3) is 0 Å². The van der Waals surface area contributed by atoms with Crippen molar-refractivity contribution in [1.29, 1.82) is 0 Å². The lowest BCUT2D eigenvalue weighted by Crippen LogP contribution is -2.16. The summed E-state index contributed by atoms with van der Waals surface area (Å²) in [6.07, 6.45) is 0.908. The molecule has 84 valence electrons. The van der Waals surface area contributed by atoms with Crippen LogP contribution in [0.25, 0.3) is 0 Å². The zero-order chi connectivity index (χ0) is 11.1. The van der Waals surface area contributed by atoms with Gasteiger partial charge in [-0.05, 0) is 31.6 Å². The number of halogens is 1. The summed E-state index contributed by atoms with van der Waals surface area (Å²) >= 11 is 5.95. The topological polar surface area (TPSA) is 29.1 Å². The van der Waals surface area contributed by atoms with Gasteiger partial charge in [0.1, 0.15) is 0 Å². The molecule has 1 atom stereocenters. The molecule has 0 fully saturated rings. The van der Waals surface area contributed by atoms with Crippen molar-refractivity contribution >= 4 is 22.4 Å². The molecular weight excluding hydrogens is 230 g/mol. The molecule has 0 aliphatic heterocycles. The molecule has 1 unspecified atom stereocenters. The Kier molecular flexibility index (Phi) is 5.91. The fourth-order valence-corrected chi connectivity index (χ4v) is 2.78. The van der Waals surface area contributed by atoms with E-state index >= 15 is 0 Å². The van der Waals surface area contributed by atoms with E-state index in [1.54, 1.807) is 6.07 Å². The Balaban J connectivity index is 2.44. The van der Waals surface area contributed by atoms with E-state index in [0.717, 1.165) is 24.4 Å². The molecule has 0 bridgehead atoms. The molecule has 1 aromatic carbocycles. The Morgan fingerprint density at radius 2 is 2.13 bits per heavy atom. The SMILES string of the molecule is CCNCCCS(=O)c1ccccc1Cl. The minimum atomic E-state index is -0.970. The Morgan fingerprint density at radius 3 is 2.80 bits per heavy atom. The van der Waals surface area contributed by atoms with Gasteiger partial charge in [-0.15, -0.1) is 0 Å². The van der Waals surface area contributed by atoms with Crippen molar-refractivity contribution in [3.05, 3.63) is 29.3 Å². The first-order valence-electron chi connectivity index (χ1n) is 5.09. The van der Waals surface area contributed by atoms with Gasteiger partial charge >= 0.3 is 0 Å². The lowest BCUT2D eigenvalue weighted by molar-refractivity contribution is 0.670. The van der Waals surface area contributed by atoms with Crippen LogP contribution in [0.15, 0.2) is 29.2 Å². The summed E-state index contributed by atoms with van der Waals surface area (Å²) in [5, 5.41) is 3.80. The van der Waals surface area contributed by atoms with Crippen LogP contribution in [0.2, 0.25) is 5.02 Å². The van der Waals surface area contributed by atoms with Crippen molar-refractivity contribution < 1.29 is 4.21 Å². The van der Waals surface area contributed by atoms with Gasteiger partial charge in [-0.3, -0.25) is 4.21 Å². The summed E-state index contributed by atoms with van der Waals surface area (Å²) in [6, 6.07) is 7.32. The molecule has 0 amide bonds. The van der Waals surface area contributed by atoms with Gasteiger partial charge in [-0.1, -0.05) is 30.7 Å². The highest BCUT2D eigenvalue weighted by molar-refractivity contribution is 7.85. The van der Waals surface area contributed by atoms with E-state index in [1.807, 2.05) is 18.2 Å². The van der Waals surface area contributed by atoms with E-state index in [-0.39, 0.29) is 0 Å². The van der Waals surface area contributed by atoms with Gasteiger partial charge < -0.3 is 5.32 Å². The number of hydrogen-bond donors (Lipinski definition) is 1. The molecule has 4 heteroatoms. The third-order valence-corrected chi connectivity index (χ3v) is 3.96. The van der Waals surface area contributed by atoms with Gasteiger partial charge in [0.15, 0.2) is 0 Å².